The number of urea groups is 1. The van der Waals surface area contributed by atoms with E-state index in [4.69, 9.17) is 10.4 Å². The molecule has 0 atom stereocenters. The summed E-state index contributed by atoms with van der Waals surface area (Å²) in [6.45, 7) is 0. The second-order valence-electron chi connectivity index (χ2n) is 2.05. The highest BCUT2D eigenvalue weighted by atomic mass is 16.9. The first-order valence-corrected chi connectivity index (χ1v) is 2.90. The predicted octanol–water partition coefficient (Wildman–Crippen LogP) is -2.65. The van der Waals surface area contributed by atoms with Gasteiger partial charge in [-0.05, 0) is 0 Å². The van der Waals surface area contributed by atoms with Crippen LogP contribution in [0.4, 0.5) is 4.79 Å². The third-order valence-corrected chi connectivity index (χ3v) is 1.08. The highest BCUT2D eigenvalue weighted by molar-refractivity contribution is 5.63. The van der Waals surface area contributed by atoms with Crippen LogP contribution in [0.1, 0.15) is 0 Å². The Balaban J connectivity index is 5.13. The normalized spacial score (nSPS) is 11.3. The van der Waals surface area contributed by atoms with E-state index in [2.05, 4.69) is 11.7 Å². The molecule has 0 saturated carbocycles. The van der Waals surface area contributed by atoms with Gasteiger partial charge in [0.1, 0.15) is 0 Å². The van der Waals surface area contributed by atoms with E-state index in [9.17, 15) is 25.0 Å². The van der Waals surface area contributed by atoms with E-state index in [0.29, 0.717) is 0 Å². The number of carbonyl (C=O) groups is 1. The van der Waals surface area contributed by atoms with Crippen LogP contribution in [-0.2, 0) is 0 Å². The molecular formula is CH6N7O7+. The van der Waals surface area contributed by atoms with Gasteiger partial charge in [0.15, 0.2) is 5.34 Å². The lowest BCUT2D eigenvalue weighted by molar-refractivity contribution is -1.08. The van der Waals surface area contributed by atoms with Crippen molar-refractivity contribution < 1.29 is 30.1 Å². The number of hydrazine groups is 2. The molecule has 0 aliphatic rings. The molecule has 0 bridgehead atoms. The number of carbonyl (C=O) groups excluding carboxylic acids is 1. The van der Waals surface area contributed by atoms with Crippen LogP contribution in [0.2, 0.25) is 0 Å². The molecule has 0 fully saturated rings. The highest BCUT2D eigenvalue weighted by Crippen LogP contribution is 2.01. The number of nitrogens with zero attached hydrogens (tertiary/aromatic N) is 5. The summed E-state index contributed by atoms with van der Waals surface area (Å²) in [6, 6.07) is -2.21. The van der Waals surface area contributed by atoms with Crippen molar-refractivity contribution in [3.8, 4) is 0 Å². The summed E-state index contributed by atoms with van der Waals surface area (Å²) in [5.74, 6) is 9.24. The largest absolute Gasteiger partial charge is 0.609 e. The second-order valence-corrected chi connectivity index (χ2v) is 2.05. The van der Waals surface area contributed by atoms with Crippen LogP contribution in [0.5, 0.6) is 0 Å². The van der Waals surface area contributed by atoms with Crippen LogP contribution in [0.15, 0.2) is 0 Å². The first kappa shape index (κ1) is 13.0. The number of quaternary nitrogens is 1. The maximum atomic E-state index is 10.9. The SMILES string of the molecule is N[N+](N)(C(=O)N([N+](=O)[O-])[N+](=O)[O-])N(O)O. The quantitative estimate of drug-likeness (QED) is 0.130. The summed E-state index contributed by atoms with van der Waals surface area (Å²) in [7, 11) is 0. The zero-order valence-electron chi connectivity index (χ0n) is 6.83. The number of hydrogen-bond donors (Lipinski definition) is 4. The van der Waals surface area contributed by atoms with Gasteiger partial charge in [0.25, 0.3) is 0 Å². The molecule has 0 heterocycles. The highest BCUT2D eigenvalue weighted by Gasteiger charge is 2.56. The molecule has 0 rings (SSSR count). The van der Waals surface area contributed by atoms with Crippen molar-refractivity contribution in [2.45, 2.75) is 0 Å². The molecule has 15 heavy (non-hydrogen) atoms. The van der Waals surface area contributed by atoms with Crippen molar-refractivity contribution in [1.29, 1.82) is 0 Å². The Morgan fingerprint density at radius 1 is 1.20 bits per heavy atom. The minimum atomic E-state index is -2.53. The first-order valence-electron chi connectivity index (χ1n) is 2.90. The molecule has 6 N–H and O–H groups in total. The summed E-state index contributed by atoms with van der Waals surface area (Å²) >= 11 is 0. The van der Waals surface area contributed by atoms with E-state index in [-0.39, 0.29) is 0 Å². The Kier molecular flexibility index (Phi) is 3.51. The minimum Gasteiger partial charge on any atom is -0.241 e. The predicted molar refractivity (Wildman–Crippen MR) is 35.3 cm³/mol. The lowest BCUT2D eigenvalue weighted by Crippen LogP contribution is -2.75. The third kappa shape index (κ3) is 2.49. The molecular weight excluding hydrogens is 222 g/mol. The van der Waals surface area contributed by atoms with E-state index < -0.39 is 31.4 Å². The van der Waals surface area contributed by atoms with E-state index in [0.717, 1.165) is 0 Å². The van der Waals surface area contributed by atoms with Crippen molar-refractivity contribution in [2.75, 3.05) is 0 Å². The molecule has 2 amide bonds. The molecule has 0 aliphatic carbocycles. The number of nitro groups is 2. The number of rotatable bonds is 3. The zero-order valence-corrected chi connectivity index (χ0v) is 6.83. The van der Waals surface area contributed by atoms with Crippen LogP contribution in [-0.4, -0.2) is 41.8 Å². The Morgan fingerprint density at radius 2 is 1.53 bits per heavy atom. The number of nitrogens with two attached hydrogens (primary N) is 2. The maximum absolute atomic E-state index is 10.9. The average molecular weight is 228 g/mol. The Bertz CT molecular complexity index is 282. The molecule has 0 radical (unpaired) electrons. The molecule has 0 aromatic heterocycles. The standard InChI is InChI=1S/CH6N7O7/c2-8(3,7(14)15)1(9)4(5(10)11)6(12)13/h14-15H,2-3H2/q+1. The van der Waals surface area contributed by atoms with Crippen molar-refractivity contribution in [3.63, 3.8) is 0 Å². The summed E-state index contributed by atoms with van der Waals surface area (Å²) in [4.78, 5) is 28.4. The van der Waals surface area contributed by atoms with Gasteiger partial charge in [-0.25, -0.2) is 30.6 Å². The molecule has 0 unspecified atom stereocenters. The maximum Gasteiger partial charge on any atom is 0.609 e. The second kappa shape index (κ2) is 4.04. The molecule has 14 heteroatoms. The van der Waals surface area contributed by atoms with Gasteiger partial charge in [0.05, 0.1) is 0 Å². The van der Waals surface area contributed by atoms with Crippen LogP contribution >= 0.6 is 0 Å². The van der Waals surface area contributed by atoms with Crippen molar-refractivity contribution in [3.05, 3.63) is 20.2 Å². The van der Waals surface area contributed by atoms with Gasteiger partial charge in [0, 0.05) is 4.81 Å². The Hall–Kier alpha value is -1.97. The van der Waals surface area contributed by atoms with Gasteiger partial charge in [-0.2, -0.15) is 4.79 Å². The van der Waals surface area contributed by atoms with Gasteiger partial charge in [-0.3, -0.25) is 0 Å². The van der Waals surface area contributed by atoms with Crippen LogP contribution in [0.3, 0.4) is 0 Å². The fourth-order valence-electron chi connectivity index (χ4n) is 0.419. The fraction of sp³-hybridized carbons (Fsp3) is 0. The molecule has 14 nitrogen and oxygen atoms in total. The molecule has 0 aromatic carbocycles. The molecule has 0 saturated heterocycles. The van der Waals surface area contributed by atoms with Gasteiger partial charge in [0.2, 0.25) is 10.1 Å². The summed E-state index contributed by atoms with van der Waals surface area (Å²) in [6.07, 6.45) is 0. The van der Waals surface area contributed by atoms with Gasteiger partial charge in [-0.1, -0.05) is 0 Å². The third-order valence-electron chi connectivity index (χ3n) is 1.08. The lowest BCUT2D eigenvalue weighted by atomic mass is 11.0. The van der Waals surface area contributed by atoms with E-state index in [1.54, 1.807) is 0 Å². The number of amides is 2. The van der Waals surface area contributed by atoms with Crippen LogP contribution < -0.4 is 11.7 Å². The smallest absolute Gasteiger partial charge is 0.241 e. The average Bonchev–Trinajstić information content (AvgIpc) is 2.01. The minimum absolute atomic E-state index is 1.15. The van der Waals surface area contributed by atoms with E-state index >= 15 is 0 Å². The van der Waals surface area contributed by atoms with Crippen molar-refractivity contribution in [1.82, 2.24) is 10.5 Å². The van der Waals surface area contributed by atoms with Gasteiger partial charge < -0.3 is 0 Å². The molecule has 0 spiro atoms. The Labute approximate surface area is 79.7 Å². The molecule has 86 valence electrons. The summed E-state index contributed by atoms with van der Waals surface area (Å²) < 4.78 is 0. The topological polar surface area (TPSA) is 202 Å². The fourth-order valence-corrected chi connectivity index (χ4v) is 0.419. The van der Waals surface area contributed by atoms with Gasteiger partial charge >= 0.3 is 11.1 Å². The Morgan fingerprint density at radius 3 is 1.73 bits per heavy atom. The number of hydrogen-bond acceptors (Lipinski definition) is 10. The lowest BCUT2D eigenvalue weighted by Gasteiger charge is -2.21. The molecule has 0 aromatic rings. The zero-order chi connectivity index (χ0) is 12.4. The van der Waals surface area contributed by atoms with Crippen molar-refractivity contribution >= 4 is 6.03 Å². The van der Waals surface area contributed by atoms with Gasteiger partial charge in [-0.15, -0.1) is 11.7 Å². The van der Waals surface area contributed by atoms with Crippen molar-refractivity contribution in [2.24, 2.45) is 11.7 Å². The van der Waals surface area contributed by atoms with E-state index in [1.807, 2.05) is 0 Å². The summed E-state index contributed by atoms with van der Waals surface area (Å²) in [5, 5.41) is 30.7. The van der Waals surface area contributed by atoms with Crippen LogP contribution in [0, 0.1) is 20.2 Å². The monoisotopic (exact) mass is 228 g/mol. The van der Waals surface area contributed by atoms with E-state index in [1.165, 1.54) is 0 Å². The first-order chi connectivity index (χ1) is 6.62. The van der Waals surface area contributed by atoms with Crippen LogP contribution in [0.25, 0.3) is 0 Å². The molecule has 0 aliphatic heterocycles. The summed E-state index contributed by atoms with van der Waals surface area (Å²) in [5.41, 5.74) is 0.